The molecule has 82 valence electrons. The Balaban J connectivity index is 3.51. The molecule has 0 heterocycles. The first-order valence-corrected chi connectivity index (χ1v) is 5.41. The molecule has 0 aliphatic carbocycles. The molecule has 0 aliphatic heterocycles. The van der Waals surface area contributed by atoms with Gasteiger partial charge >= 0.3 is 0 Å². The van der Waals surface area contributed by atoms with E-state index < -0.39 is 0 Å². The fraction of sp³-hybridized carbons (Fsp3) is 0.833. The second kappa shape index (κ2) is 7.84. The number of hydrogen-bond acceptors (Lipinski definition) is 2. The van der Waals surface area contributed by atoms with Crippen LogP contribution in [0.3, 0.4) is 0 Å². The van der Waals surface area contributed by atoms with Crippen LogP contribution in [0.25, 0.3) is 0 Å². The highest BCUT2D eigenvalue weighted by Crippen LogP contribution is 2.03. The summed E-state index contributed by atoms with van der Waals surface area (Å²) in [7, 11) is 2.13. The van der Waals surface area contributed by atoms with E-state index in [1.54, 1.807) is 0 Å². The van der Waals surface area contributed by atoms with E-state index in [-0.39, 0.29) is 0 Å². The first-order chi connectivity index (χ1) is 6.57. The molecule has 0 saturated heterocycles. The Kier molecular flexibility index (Phi) is 7.55. The lowest BCUT2D eigenvalue weighted by Gasteiger charge is -2.20. The fourth-order valence-electron chi connectivity index (χ4n) is 1.19. The van der Waals surface area contributed by atoms with E-state index in [2.05, 4.69) is 37.6 Å². The summed E-state index contributed by atoms with van der Waals surface area (Å²) in [6.45, 7) is 8.35. The molecule has 0 bridgehead atoms. The third-order valence-electron chi connectivity index (χ3n) is 2.50. The van der Waals surface area contributed by atoms with Gasteiger partial charge in [-0.25, -0.2) is 0 Å². The van der Waals surface area contributed by atoms with Crippen molar-refractivity contribution in [3.8, 4) is 11.8 Å². The Labute approximate surface area is 88.9 Å². The molecule has 0 aromatic heterocycles. The lowest BCUT2D eigenvalue weighted by atomic mass is 10.0. The SMILES string of the molecule is CC#CCCN(C)CCC(N)C(C)C. The zero-order valence-electron chi connectivity index (χ0n) is 10.0. The van der Waals surface area contributed by atoms with Gasteiger partial charge in [-0.1, -0.05) is 13.8 Å². The van der Waals surface area contributed by atoms with Crippen molar-refractivity contribution in [2.45, 2.75) is 39.7 Å². The largest absolute Gasteiger partial charge is 0.327 e. The average molecular weight is 196 g/mol. The first-order valence-electron chi connectivity index (χ1n) is 5.41. The second-order valence-corrected chi connectivity index (χ2v) is 4.18. The Hall–Kier alpha value is -0.520. The Bertz CT molecular complexity index is 188. The summed E-state index contributed by atoms with van der Waals surface area (Å²) in [4.78, 5) is 2.30. The summed E-state index contributed by atoms with van der Waals surface area (Å²) in [6.07, 6.45) is 2.04. The van der Waals surface area contributed by atoms with Crippen molar-refractivity contribution in [2.24, 2.45) is 11.7 Å². The third-order valence-corrected chi connectivity index (χ3v) is 2.50. The maximum atomic E-state index is 5.96. The van der Waals surface area contributed by atoms with E-state index in [1.807, 2.05) is 6.92 Å². The summed E-state index contributed by atoms with van der Waals surface area (Å²) >= 11 is 0. The third kappa shape index (κ3) is 6.94. The van der Waals surface area contributed by atoms with Gasteiger partial charge in [0.1, 0.15) is 0 Å². The van der Waals surface area contributed by atoms with E-state index in [9.17, 15) is 0 Å². The van der Waals surface area contributed by atoms with E-state index in [0.29, 0.717) is 12.0 Å². The number of nitrogens with two attached hydrogens (primary N) is 1. The Morgan fingerprint density at radius 2 is 1.93 bits per heavy atom. The van der Waals surface area contributed by atoms with Gasteiger partial charge in [0.25, 0.3) is 0 Å². The van der Waals surface area contributed by atoms with E-state index in [0.717, 1.165) is 25.9 Å². The minimum Gasteiger partial charge on any atom is -0.327 e. The molecule has 2 N–H and O–H groups in total. The van der Waals surface area contributed by atoms with Crippen molar-refractivity contribution >= 4 is 0 Å². The van der Waals surface area contributed by atoms with Crippen LogP contribution in [0.15, 0.2) is 0 Å². The predicted octanol–water partition coefficient (Wildman–Crippen LogP) is 1.71. The molecule has 2 nitrogen and oxygen atoms in total. The van der Waals surface area contributed by atoms with Crippen molar-refractivity contribution in [1.82, 2.24) is 4.90 Å². The molecule has 0 aromatic carbocycles. The summed E-state index contributed by atoms with van der Waals surface area (Å²) < 4.78 is 0. The van der Waals surface area contributed by atoms with Gasteiger partial charge in [0, 0.05) is 19.0 Å². The molecule has 0 spiro atoms. The van der Waals surface area contributed by atoms with Gasteiger partial charge in [0.2, 0.25) is 0 Å². The maximum Gasteiger partial charge on any atom is 0.0216 e. The monoisotopic (exact) mass is 196 g/mol. The predicted molar refractivity (Wildman–Crippen MR) is 63.0 cm³/mol. The van der Waals surface area contributed by atoms with Crippen molar-refractivity contribution in [2.75, 3.05) is 20.1 Å². The molecule has 0 saturated carbocycles. The van der Waals surface area contributed by atoms with E-state index >= 15 is 0 Å². The standard InChI is InChI=1S/C12H24N2/c1-5-6-7-9-14(4)10-8-12(13)11(2)3/h11-12H,7-10,13H2,1-4H3. The molecule has 0 aliphatic rings. The normalized spacial score (nSPS) is 12.8. The van der Waals surface area contributed by atoms with Crippen molar-refractivity contribution in [1.29, 1.82) is 0 Å². The number of rotatable bonds is 6. The van der Waals surface area contributed by atoms with Crippen LogP contribution >= 0.6 is 0 Å². The molecule has 1 atom stereocenters. The van der Waals surface area contributed by atoms with Crippen LogP contribution in [0.2, 0.25) is 0 Å². The molecule has 0 fully saturated rings. The molecule has 0 aromatic rings. The highest BCUT2D eigenvalue weighted by molar-refractivity contribution is 4.95. The van der Waals surface area contributed by atoms with Crippen LogP contribution in [0, 0.1) is 17.8 Å². The summed E-state index contributed by atoms with van der Waals surface area (Å²) in [5.41, 5.74) is 5.96. The topological polar surface area (TPSA) is 29.3 Å². The van der Waals surface area contributed by atoms with Crippen molar-refractivity contribution < 1.29 is 0 Å². The summed E-state index contributed by atoms with van der Waals surface area (Å²) in [6, 6.07) is 0.328. The summed E-state index contributed by atoms with van der Waals surface area (Å²) in [5.74, 6) is 6.55. The van der Waals surface area contributed by atoms with Gasteiger partial charge < -0.3 is 10.6 Å². The van der Waals surface area contributed by atoms with Crippen LogP contribution in [-0.2, 0) is 0 Å². The molecule has 2 heteroatoms. The number of nitrogens with zero attached hydrogens (tertiary/aromatic N) is 1. The molecule has 0 rings (SSSR count). The highest BCUT2D eigenvalue weighted by atomic mass is 15.1. The van der Waals surface area contributed by atoms with Gasteiger partial charge in [0.15, 0.2) is 0 Å². The first kappa shape index (κ1) is 13.5. The lowest BCUT2D eigenvalue weighted by molar-refractivity contribution is 0.309. The fourth-order valence-corrected chi connectivity index (χ4v) is 1.19. The average Bonchev–Trinajstić information content (AvgIpc) is 2.14. The molecular weight excluding hydrogens is 172 g/mol. The van der Waals surface area contributed by atoms with Crippen LogP contribution < -0.4 is 5.73 Å². The van der Waals surface area contributed by atoms with Crippen molar-refractivity contribution in [3.05, 3.63) is 0 Å². The van der Waals surface area contributed by atoms with E-state index in [1.165, 1.54) is 0 Å². The molecule has 14 heavy (non-hydrogen) atoms. The number of hydrogen-bond donors (Lipinski definition) is 1. The maximum absolute atomic E-state index is 5.96. The zero-order chi connectivity index (χ0) is 11.0. The van der Waals surface area contributed by atoms with Gasteiger partial charge in [-0.05, 0) is 32.9 Å². The highest BCUT2D eigenvalue weighted by Gasteiger charge is 2.08. The van der Waals surface area contributed by atoms with Gasteiger partial charge in [-0.3, -0.25) is 0 Å². The van der Waals surface area contributed by atoms with Crippen LogP contribution in [-0.4, -0.2) is 31.1 Å². The molecule has 0 radical (unpaired) electrons. The van der Waals surface area contributed by atoms with Gasteiger partial charge in [-0.15, -0.1) is 11.8 Å². The van der Waals surface area contributed by atoms with Gasteiger partial charge in [-0.2, -0.15) is 0 Å². The van der Waals surface area contributed by atoms with Crippen LogP contribution in [0.5, 0.6) is 0 Å². The zero-order valence-corrected chi connectivity index (χ0v) is 10.0. The van der Waals surface area contributed by atoms with E-state index in [4.69, 9.17) is 5.73 Å². The Morgan fingerprint density at radius 1 is 1.29 bits per heavy atom. The quantitative estimate of drug-likeness (QED) is 0.655. The second-order valence-electron chi connectivity index (χ2n) is 4.18. The molecule has 0 amide bonds. The minimum atomic E-state index is 0.328. The lowest BCUT2D eigenvalue weighted by Crippen LogP contribution is -2.32. The minimum absolute atomic E-state index is 0.328. The van der Waals surface area contributed by atoms with Crippen molar-refractivity contribution in [3.63, 3.8) is 0 Å². The van der Waals surface area contributed by atoms with Gasteiger partial charge in [0.05, 0.1) is 0 Å². The van der Waals surface area contributed by atoms with Crippen LogP contribution in [0.4, 0.5) is 0 Å². The molecule has 1 unspecified atom stereocenters. The summed E-state index contributed by atoms with van der Waals surface area (Å²) in [5, 5.41) is 0. The Morgan fingerprint density at radius 3 is 2.43 bits per heavy atom. The smallest absolute Gasteiger partial charge is 0.0216 e. The molecular formula is C12H24N2. The van der Waals surface area contributed by atoms with Crippen LogP contribution in [0.1, 0.15) is 33.6 Å².